The van der Waals surface area contributed by atoms with Crippen molar-refractivity contribution in [3.05, 3.63) is 48.5 Å². The summed E-state index contributed by atoms with van der Waals surface area (Å²) >= 11 is 0. The number of carbonyl (C=O) groups is 1. The predicted molar refractivity (Wildman–Crippen MR) is 72.7 cm³/mol. The summed E-state index contributed by atoms with van der Waals surface area (Å²) in [5.41, 5.74) is 3.12. The van der Waals surface area contributed by atoms with Gasteiger partial charge in [0.15, 0.2) is 0 Å². The third kappa shape index (κ3) is 2.06. The second-order valence-electron chi connectivity index (χ2n) is 4.15. The van der Waals surface area contributed by atoms with Gasteiger partial charge in [0.05, 0.1) is 18.1 Å². The third-order valence-corrected chi connectivity index (χ3v) is 2.96. The molecule has 3 rings (SSSR count). The first-order valence-corrected chi connectivity index (χ1v) is 5.89. The molecule has 0 saturated heterocycles. The lowest BCUT2D eigenvalue weighted by atomic mass is 10.1. The molecular formula is C14H12N4O. The van der Waals surface area contributed by atoms with Crippen molar-refractivity contribution in [1.29, 1.82) is 0 Å². The molecule has 2 heterocycles. The van der Waals surface area contributed by atoms with E-state index < -0.39 is 0 Å². The molecule has 1 aromatic carbocycles. The molecule has 0 unspecified atom stereocenters. The van der Waals surface area contributed by atoms with Gasteiger partial charge in [-0.25, -0.2) is 4.98 Å². The van der Waals surface area contributed by atoms with Crippen LogP contribution in [0.5, 0.6) is 0 Å². The van der Waals surface area contributed by atoms with Crippen molar-refractivity contribution < 1.29 is 4.79 Å². The maximum atomic E-state index is 11.4. The Hall–Kier alpha value is -2.69. The van der Waals surface area contributed by atoms with Crippen LogP contribution in [0.25, 0.3) is 22.2 Å². The first-order valence-electron chi connectivity index (χ1n) is 5.89. The largest absolute Gasteiger partial charge is 0.361 e. The Morgan fingerprint density at radius 2 is 2.11 bits per heavy atom. The second-order valence-corrected chi connectivity index (χ2v) is 4.15. The summed E-state index contributed by atoms with van der Waals surface area (Å²) in [6.07, 6.45) is 4.99. The van der Waals surface area contributed by atoms with Crippen molar-refractivity contribution in [3.8, 4) is 11.3 Å². The minimum Gasteiger partial charge on any atom is -0.361 e. The van der Waals surface area contributed by atoms with Crippen LogP contribution < -0.4 is 5.32 Å². The maximum absolute atomic E-state index is 11.4. The standard InChI is InChI=1S/C14H12N4O/c1-15-14(19)13-8-17-12(7-18-13)9-2-3-11-10(6-9)4-5-16-11/h2-8,16H,1H3,(H,15,19). The van der Waals surface area contributed by atoms with Crippen molar-refractivity contribution in [2.24, 2.45) is 0 Å². The number of aromatic nitrogens is 3. The molecule has 0 bridgehead atoms. The minimum absolute atomic E-state index is 0.236. The van der Waals surface area contributed by atoms with E-state index >= 15 is 0 Å². The van der Waals surface area contributed by atoms with Crippen LogP contribution in [0.4, 0.5) is 0 Å². The highest BCUT2D eigenvalue weighted by molar-refractivity contribution is 5.92. The van der Waals surface area contributed by atoms with E-state index in [2.05, 4.69) is 20.3 Å². The monoisotopic (exact) mass is 252 g/mol. The minimum atomic E-state index is -0.236. The first-order chi connectivity index (χ1) is 9.28. The summed E-state index contributed by atoms with van der Waals surface area (Å²) in [7, 11) is 1.57. The number of nitrogens with one attached hydrogen (secondary N) is 2. The molecule has 5 nitrogen and oxygen atoms in total. The summed E-state index contributed by atoms with van der Waals surface area (Å²) in [6.45, 7) is 0. The molecule has 0 aliphatic rings. The quantitative estimate of drug-likeness (QED) is 0.732. The van der Waals surface area contributed by atoms with Gasteiger partial charge in [-0.3, -0.25) is 9.78 Å². The normalized spacial score (nSPS) is 10.6. The summed E-state index contributed by atoms with van der Waals surface area (Å²) < 4.78 is 0. The lowest BCUT2D eigenvalue weighted by Gasteiger charge is -2.02. The van der Waals surface area contributed by atoms with Crippen LogP contribution in [0.15, 0.2) is 42.9 Å². The topological polar surface area (TPSA) is 70.7 Å². The number of benzene rings is 1. The van der Waals surface area contributed by atoms with Crippen LogP contribution in [0.3, 0.4) is 0 Å². The van der Waals surface area contributed by atoms with Crippen LogP contribution in [0, 0.1) is 0 Å². The third-order valence-electron chi connectivity index (χ3n) is 2.96. The molecule has 0 spiro atoms. The van der Waals surface area contributed by atoms with Gasteiger partial charge in [0.25, 0.3) is 5.91 Å². The number of amides is 1. The van der Waals surface area contributed by atoms with Crippen molar-refractivity contribution in [2.75, 3.05) is 7.05 Å². The zero-order valence-corrected chi connectivity index (χ0v) is 10.3. The van der Waals surface area contributed by atoms with Gasteiger partial charge in [0, 0.05) is 29.7 Å². The average molecular weight is 252 g/mol. The molecule has 0 fully saturated rings. The van der Waals surface area contributed by atoms with E-state index in [1.807, 2.05) is 30.5 Å². The van der Waals surface area contributed by atoms with E-state index in [4.69, 9.17) is 0 Å². The Morgan fingerprint density at radius 3 is 2.84 bits per heavy atom. The van der Waals surface area contributed by atoms with Crippen LogP contribution in [0.2, 0.25) is 0 Å². The smallest absolute Gasteiger partial charge is 0.271 e. The van der Waals surface area contributed by atoms with Crippen molar-refractivity contribution in [1.82, 2.24) is 20.3 Å². The molecule has 94 valence electrons. The van der Waals surface area contributed by atoms with Crippen LogP contribution >= 0.6 is 0 Å². The van der Waals surface area contributed by atoms with Crippen LogP contribution in [-0.2, 0) is 0 Å². The number of H-pyrrole nitrogens is 1. The number of hydrogen-bond donors (Lipinski definition) is 2. The fraction of sp³-hybridized carbons (Fsp3) is 0.0714. The molecule has 0 aliphatic carbocycles. The number of rotatable bonds is 2. The molecule has 5 heteroatoms. The molecule has 0 aliphatic heterocycles. The molecular weight excluding hydrogens is 240 g/mol. The van der Waals surface area contributed by atoms with E-state index in [1.54, 1.807) is 13.2 Å². The molecule has 0 atom stereocenters. The lowest BCUT2D eigenvalue weighted by molar-refractivity contribution is 0.0958. The highest BCUT2D eigenvalue weighted by Crippen LogP contribution is 2.21. The molecule has 1 amide bonds. The number of hydrogen-bond acceptors (Lipinski definition) is 3. The van der Waals surface area contributed by atoms with Gasteiger partial charge in [-0.15, -0.1) is 0 Å². The van der Waals surface area contributed by atoms with Gasteiger partial charge in [-0.05, 0) is 18.2 Å². The van der Waals surface area contributed by atoms with Crippen LogP contribution in [0.1, 0.15) is 10.5 Å². The van der Waals surface area contributed by atoms with Crippen LogP contribution in [-0.4, -0.2) is 27.9 Å². The van der Waals surface area contributed by atoms with Crippen molar-refractivity contribution >= 4 is 16.8 Å². The summed E-state index contributed by atoms with van der Waals surface area (Å²) in [5, 5.41) is 3.64. The molecule has 0 radical (unpaired) electrons. The van der Waals surface area contributed by atoms with Gasteiger partial charge in [0.1, 0.15) is 5.69 Å². The SMILES string of the molecule is CNC(=O)c1cnc(-c2ccc3[nH]ccc3c2)cn1. The maximum Gasteiger partial charge on any atom is 0.271 e. The molecule has 3 aromatic rings. The van der Waals surface area contributed by atoms with Gasteiger partial charge in [-0.2, -0.15) is 0 Å². The van der Waals surface area contributed by atoms with E-state index in [0.717, 1.165) is 22.2 Å². The van der Waals surface area contributed by atoms with Gasteiger partial charge in [-0.1, -0.05) is 6.07 Å². The highest BCUT2D eigenvalue weighted by atomic mass is 16.1. The zero-order chi connectivity index (χ0) is 13.2. The van der Waals surface area contributed by atoms with E-state index in [9.17, 15) is 4.79 Å². The number of nitrogens with zero attached hydrogens (tertiary/aromatic N) is 2. The Balaban J connectivity index is 1.99. The highest BCUT2D eigenvalue weighted by Gasteiger charge is 2.07. The summed E-state index contributed by atoms with van der Waals surface area (Å²) in [4.78, 5) is 22.9. The average Bonchev–Trinajstić information content (AvgIpc) is 2.94. The van der Waals surface area contributed by atoms with Gasteiger partial charge < -0.3 is 10.3 Å². The Labute approximate surface area is 109 Å². The summed E-state index contributed by atoms with van der Waals surface area (Å²) in [5.74, 6) is -0.236. The summed E-state index contributed by atoms with van der Waals surface area (Å²) in [6, 6.07) is 8.02. The molecule has 0 saturated carbocycles. The van der Waals surface area contributed by atoms with E-state index in [0.29, 0.717) is 5.69 Å². The van der Waals surface area contributed by atoms with Crippen molar-refractivity contribution in [2.45, 2.75) is 0 Å². The van der Waals surface area contributed by atoms with E-state index in [1.165, 1.54) is 6.20 Å². The van der Waals surface area contributed by atoms with Gasteiger partial charge in [0.2, 0.25) is 0 Å². The lowest BCUT2D eigenvalue weighted by Crippen LogP contribution is -2.19. The number of carbonyl (C=O) groups excluding carboxylic acids is 1. The number of fused-ring (bicyclic) bond motifs is 1. The Kier molecular flexibility index (Phi) is 2.72. The molecule has 19 heavy (non-hydrogen) atoms. The van der Waals surface area contributed by atoms with E-state index in [-0.39, 0.29) is 5.91 Å². The van der Waals surface area contributed by atoms with Crippen molar-refractivity contribution in [3.63, 3.8) is 0 Å². The molecule has 2 aromatic heterocycles. The molecule has 2 N–H and O–H groups in total. The Morgan fingerprint density at radius 1 is 1.21 bits per heavy atom. The number of aromatic amines is 1. The fourth-order valence-electron chi connectivity index (χ4n) is 1.94. The second kappa shape index (κ2) is 4.53. The predicted octanol–water partition coefficient (Wildman–Crippen LogP) is 1.98. The fourth-order valence-corrected chi connectivity index (χ4v) is 1.94. The Bertz CT molecular complexity index is 731. The first kappa shape index (κ1) is 11.4. The van der Waals surface area contributed by atoms with Gasteiger partial charge >= 0.3 is 0 Å². The zero-order valence-electron chi connectivity index (χ0n) is 10.3.